The highest BCUT2D eigenvalue weighted by Crippen LogP contribution is 2.62. The number of benzene rings is 3. The van der Waals surface area contributed by atoms with Crippen molar-refractivity contribution >= 4 is 47.1 Å². The van der Waals surface area contributed by atoms with Crippen molar-refractivity contribution in [2.75, 3.05) is 14.1 Å². The van der Waals surface area contributed by atoms with Gasteiger partial charge >= 0.3 is 30.1 Å². The molecular weight excluding hydrogens is 962 g/mol. The minimum absolute atomic E-state index is 0.101. The van der Waals surface area contributed by atoms with Crippen molar-refractivity contribution in [3.05, 3.63) is 111 Å². The minimum atomic E-state index is -5.08. The molecule has 6 aliphatic rings. The average Bonchev–Trinajstić information content (AvgIpc) is 3.65. The SMILES string of the molecule is CN(C)[C@@H]1C(=O)C(C(N)=O)=C(O)[C@@]2(OC(=O)CCC(=O)O[C@H]3CC[C@H]4[C@@H]5CCc6cc(OC(=O)c7ccccc7)ccc6[C@H]5CC[C@]34C)C(=O)C3=C(O)c4c(O)cccc4[C@@](C)(O)C3CC12.O=C(O)C(F)(F)F. The van der Waals surface area contributed by atoms with Crippen LogP contribution in [0.15, 0.2) is 83.6 Å². The minimum Gasteiger partial charge on any atom is -0.507 e. The molecule has 3 aromatic rings. The Balaban J connectivity index is 0.000000948. The fourth-order valence-electron chi connectivity index (χ4n) is 12.8. The predicted octanol–water partition coefficient (Wildman–Crippen LogP) is 6.28. The Kier molecular flexibility index (Phi) is 13.7. The molecule has 1 amide bonds. The lowest BCUT2D eigenvalue weighted by molar-refractivity contribution is -0.192. The third kappa shape index (κ3) is 8.91. The number of aliphatic carboxylic acids is 1. The number of carbonyl (C=O) groups excluding carboxylic acids is 6. The molecule has 73 heavy (non-hydrogen) atoms. The van der Waals surface area contributed by atoms with Gasteiger partial charge in [0.2, 0.25) is 11.4 Å². The van der Waals surface area contributed by atoms with E-state index in [1.165, 1.54) is 55.2 Å². The number of halogens is 3. The molecule has 0 radical (unpaired) electrons. The van der Waals surface area contributed by atoms with Crippen molar-refractivity contribution in [1.82, 2.24) is 4.90 Å². The Hall–Kier alpha value is -7.06. The number of hydrogen-bond donors (Lipinski definition) is 6. The molecule has 2 unspecified atom stereocenters. The maximum Gasteiger partial charge on any atom is 0.490 e. The Morgan fingerprint density at radius 2 is 1.53 bits per heavy atom. The van der Waals surface area contributed by atoms with Crippen LogP contribution in [0.1, 0.15) is 104 Å². The van der Waals surface area contributed by atoms with Gasteiger partial charge in [-0.15, -0.1) is 0 Å². The number of phenols is 1. The van der Waals surface area contributed by atoms with Crippen molar-refractivity contribution in [3.8, 4) is 11.5 Å². The van der Waals surface area contributed by atoms with E-state index in [-0.39, 0.29) is 28.9 Å². The highest BCUT2D eigenvalue weighted by Gasteiger charge is 2.69. The number of aliphatic hydroxyl groups is 3. The molecule has 388 valence electrons. The fourth-order valence-corrected chi connectivity index (χ4v) is 12.8. The summed E-state index contributed by atoms with van der Waals surface area (Å²) in [5.41, 5.74) is 1.87. The van der Waals surface area contributed by atoms with E-state index in [1.54, 1.807) is 24.3 Å². The number of carbonyl (C=O) groups is 7. The van der Waals surface area contributed by atoms with Crippen molar-refractivity contribution < 1.29 is 86.5 Å². The third-order valence-corrected chi connectivity index (χ3v) is 16.1. The van der Waals surface area contributed by atoms with Gasteiger partial charge in [0.25, 0.3) is 5.91 Å². The molecule has 7 N–H and O–H groups in total. The molecular formula is C53H55F3N2O15. The number of hydrogen-bond acceptors (Lipinski definition) is 15. The number of fused-ring (bicyclic) bond motifs is 8. The Bertz CT molecular complexity index is 2880. The average molecular weight is 1020 g/mol. The number of phenolic OH excluding ortho intramolecular Hbond substituents is 1. The van der Waals surface area contributed by atoms with Crippen LogP contribution >= 0.6 is 0 Å². The topological polar surface area (TPSA) is 278 Å². The highest BCUT2D eigenvalue weighted by molar-refractivity contribution is 6.25. The number of rotatable bonds is 9. The van der Waals surface area contributed by atoms with Crippen molar-refractivity contribution in [1.29, 1.82) is 0 Å². The van der Waals surface area contributed by atoms with Crippen LogP contribution in [-0.4, -0.2) is 110 Å². The number of likely N-dealkylation sites (N-methyl/N-ethyl adjacent to an activating group) is 1. The number of carboxylic acids is 1. The van der Waals surface area contributed by atoms with E-state index in [9.17, 15) is 57.6 Å². The first-order valence-electron chi connectivity index (χ1n) is 23.8. The number of carboxylic acid groups (broad SMARTS) is 1. The van der Waals surface area contributed by atoms with Crippen LogP contribution in [0.25, 0.3) is 5.76 Å². The number of esters is 3. The second-order valence-corrected chi connectivity index (χ2v) is 20.3. The van der Waals surface area contributed by atoms with Crippen LogP contribution in [0, 0.1) is 29.1 Å². The van der Waals surface area contributed by atoms with Crippen molar-refractivity contribution in [2.24, 2.45) is 34.8 Å². The molecule has 0 heterocycles. The van der Waals surface area contributed by atoms with E-state index in [1.807, 2.05) is 18.2 Å². The maximum absolute atomic E-state index is 15.1. The molecule has 3 saturated carbocycles. The zero-order valence-electron chi connectivity index (χ0n) is 40.2. The molecule has 6 aliphatic carbocycles. The maximum atomic E-state index is 15.1. The molecule has 0 bridgehead atoms. The molecule has 17 nitrogen and oxygen atoms in total. The number of Topliss-reactive ketones (excluding diaryl/α,β-unsaturated/α-hetero) is 2. The van der Waals surface area contributed by atoms with Gasteiger partial charge in [-0.25, -0.2) is 9.59 Å². The van der Waals surface area contributed by atoms with E-state index < -0.39 is 124 Å². The first kappa shape index (κ1) is 52.3. The quantitative estimate of drug-likeness (QED) is 0.0782. The lowest BCUT2D eigenvalue weighted by atomic mass is 9.54. The molecule has 0 spiro atoms. The summed E-state index contributed by atoms with van der Waals surface area (Å²) < 4.78 is 49.6. The third-order valence-electron chi connectivity index (χ3n) is 16.1. The Morgan fingerprint density at radius 3 is 2.18 bits per heavy atom. The molecule has 0 aromatic heterocycles. The lowest BCUT2D eigenvalue weighted by Gasteiger charge is -2.54. The van der Waals surface area contributed by atoms with Gasteiger partial charge in [-0.05, 0) is 131 Å². The first-order chi connectivity index (χ1) is 34.2. The van der Waals surface area contributed by atoms with Gasteiger partial charge in [0, 0.05) is 22.8 Å². The monoisotopic (exact) mass is 1020 g/mol. The number of aromatic hydroxyl groups is 1. The second-order valence-electron chi connectivity index (χ2n) is 20.3. The molecule has 9 rings (SSSR count). The molecule has 20 heteroatoms. The largest absolute Gasteiger partial charge is 0.507 e. The molecule has 0 aliphatic heterocycles. The lowest BCUT2D eigenvalue weighted by Crippen LogP contribution is -2.68. The molecule has 3 aromatic carbocycles. The summed E-state index contributed by atoms with van der Waals surface area (Å²) in [5, 5.41) is 53.5. The number of primary amides is 1. The number of amides is 1. The van der Waals surface area contributed by atoms with Crippen LogP contribution in [0.4, 0.5) is 13.2 Å². The number of alkyl halides is 3. The smallest absolute Gasteiger partial charge is 0.490 e. The van der Waals surface area contributed by atoms with Crippen molar-refractivity contribution in [2.45, 2.75) is 107 Å². The fraction of sp³-hybridized carbons (Fsp3) is 0.453. The van der Waals surface area contributed by atoms with Gasteiger partial charge in [0.05, 0.1) is 35.6 Å². The number of ketones is 2. The van der Waals surface area contributed by atoms with Gasteiger partial charge in [-0.1, -0.05) is 43.3 Å². The number of aryl methyl sites for hydroxylation is 1. The normalized spacial score (nSPS) is 30.0. The summed E-state index contributed by atoms with van der Waals surface area (Å²) in [6.45, 7) is 3.55. The Labute approximate surface area is 416 Å². The number of nitrogens with two attached hydrogens (primary N) is 1. The first-order valence-corrected chi connectivity index (χ1v) is 23.8. The number of nitrogens with zero attached hydrogens (tertiary/aromatic N) is 1. The second kappa shape index (κ2) is 19.1. The summed E-state index contributed by atoms with van der Waals surface area (Å²) in [7, 11) is 2.98. The standard InChI is InChI=1S/C51H54N2O13.C2HF3O2/c1-49-22-21-29-28-16-14-27(64-48(62)25-9-6-5-7-10-25)23-26(28)13-15-30(29)31(49)17-18-36(49)65-37(55)19-20-38(56)66-51-34(42(53(3)4)44(58)41(46(51)60)47(52)61)24-33-40(45(51)59)43(57)39-32(50(33,2)63)11-8-12-35(39)54;3-2(4,5)1(6)7/h5-12,14,16,23,29-31,33-34,36,42,54,57,60,63H,13,15,17-22,24H2,1-4H3,(H2,52,61);(H,6,7)/t29-,30-,31+,33?,34?,36+,42+,49+,50-,51+;/m1./s1. The summed E-state index contributed by atoms with van der Waals surface area (Å²) in [6, 6.07) is 17.6. The summed E-state index contributed by atoms with van der Waals surface area (Å²) in [5.74, 6) is -12.2. The van der Waals surface area contributed by atoms with Gasteiger partial charge < -0.3 is 45.5 Å². The zero-order chi connectivity index (χ0) is 53.3. The summed E-state index contributed by atoms with van der Waals surface area (Å²) >= 11 is 0. The van der Waals surface area contributed by atoms with Crippen LogP contribution in [0.2, 0.25) is 0 Å². The van der Waals surface area contributed by atoms with E-state index in [0.29, 0.717) is 29.6 Å². The highest BCUT2D eigenvalue weighted by atomic mass is 19.4. The molecule has 0 saturated heterocycles. The molecule has 10 atom stereocenters. The van der Waals surface area contributed by atoms with Gasteiger partial charge in [0.15, 0.2) is 11.5 Å². The van der Waals surface area contributed by atoms with E-state index in [0.717, 1.165) is 32.1 Å². The summed E-state index contributed by atoms with van der Waals surface area (Å²) in [4.78, 5) is 92.5. The summed E-state index contributed by atoms with van der Waals surface area (Å²) in [6.07, 6.45) is -2.00. The van der Waals surface area contributed by atoms with Gasteiger partial charge in [0.1, 0.15) is 28.9 Å². The number of ether oxygens (including phenoxy) is 3. The zero-order valence-corrected chi connectivity index (χ0v) is 40.2. The van der Waals surface area contributed by atoms with Crippen LogP contribution in [0.3, 0.4) is 0 Å². The van der Waals surface area contributed by atoms with E-state index >= 15 is 4.79 Å². The van der Waals surface area contributed by atoms with Crippen LogP contribution in [-0.2, 0) is 50.3 Å². The predicted molar refractivity (Wildman–Crippen MR) is 249 cm³/mol. The van der Waals surface area contributed by atoms with E-state index in [2.05, 4.69) is 13.0 Å². The molecule has 3 fully saturated rings. The van der Waals surface area contributed by atoms with Crippen LogP contribution < -0.4 is 10.5 Å². The van der Waals surface area contributed by atoms with Crippen molar-refractivity contribution in [3.63, 3.8) is 0 Å². The van der Waals surface area contributed by atoms with Gasteiger partial charge in [-0.2, -0.15) is 13.2 Å². The van der Waals surface area contributed by atoms with Gasteiger partial charge in [-0.3, -0.25) is 28.9 Å². The Morgan fingerprint density at radius 1 is 0.863 bits per heavy atom. The van der Waals surface area contributed by atoms with E-state index in [4.69, 9.17) is 29.8 Å². The number of aliphatic hydroxyl groups excluding tert-OH is 2. The van der Waals surface area contributed by atoms with Crippen LogP contribution in [0.5, 0.6) is 11.5 Å².